The molecule has 96 valence electrons. The Labute approximate surface area is 119 Å². The molecular formula is C14H15BrFNS. The van der Waals surface area contributed by atoms with Gasteiger partial charge in [0.1, 0.15) is 5.82 Å². The van der Waals surface area contributed by atoms with Crippen LogP contribution in [-0.4, -0.2) is 0 Å². The largest absolute Gasteiger partial charge is 0.323 e. The molecule has 0 amide bonds. The second-order valence-electron chi connectivity index (χ2n) is 4.25. The van der Waals surface area contributed by atoms with E-state index in [1.807, 2.05) is 6.07 Å². The van der Waals surface area contributed by atoms with E-state index < -0.39 is 0 Å². The van der Waals surface area contributed by atoms with Gasteiger partial charge < -0.3 is 5.73 Å². The molecule has 0 aliphatic rings. The summed E-state index contributed by atoms with van der Waals surface area (Å²) in [6.07, 6.45) is 1.68. The van der Waals surface area contributed by atoms with Gasteiger partial charge in [0.2, 0.25) is 0 Å². The Bertz CT molecular complexity index is 518. The molecule has 1 heterocycles. The van der Waals surface area contributed by atoms with Crippen LogP contribution in [0.2, 0.25) is 0 Å². The topological polar surface area (TPSA) is 26.0 Å². The first-order valence-electron chi connectivity index (χ1n) is 5.87. The molecule has 0 radical (unpaired) electrons. The van der Waals surface area contributed by atoms with Gasteiger partial charge in [-0.2, -0.15) is 0 Å². The van der Waals surface area contributed by atoms with E-state index in [0.717, 1.165) is 21.3 Å². The van der Waals surface area contributed by atoms with E-state index in [-0.39, 0.29) is 11.9 Å². The Kier molecular flexibility index (Phi) is 4.54. The zero-order chi connectivity index (χ0) is 13.1. The van der Waals surface area contributed by atoms with Gasteiger partial charge in [-0.25, -0.2) is 4.39 Å². The first kappa shape index (κ1) is 13.7. The van der Waals surface area contributed by atoms with E-state index in [9.17, 15) is 4.39 Å². The zero-order valence-corrected chi connectivity index (χ0v) is 12.5. The van der Waals surface area contributed by atoms with Gasteiger partial charge >= 0.3 is 0 Å². The average molecular weight is 328 g/mol. The maximum atomic E-state index is 13.3. The summed E-state index contributed by atoms with van der Waals surface area (Å²) in [6, 6.07) is 9.03. The monoisotopic (exact) mass is 327 g/mol. The normalized spacial score (nSPS) is 12.7. The molecule has 4 heteroatoms. The maximum Gasteiger partial charge on any atom is 0.124 e. The lowest BCUT2D eigenvalue weighted by atomic mass is 10.1. The summed E-state index contributed by atoms with van der Waals surface area (Å²) in [7, 11) is 0. The quantitative estimate of drug-likeness (QED) is 0.881. The third-order valence-corrected chi connectivity index (χ3v) is 4.59. The number of hydrogen-bond acceptors (Lipinski definition) is 2. The third kappa shape index (κ3) is 3.40. The third-order valence-electron chi connectivity index (χ3n) is 2.77. The van der Waals surface area contributed by atoms with Gasteiger partial charge in [-0.15, -0.1) is 11.3 Å². The lowest BCUT2D eigenvalue weighted by Gasteiger charge is -2.10. The van der Waals surface area contributed by atoms with Gasteiger partial charge in [-0.3, -0.25) is 0 Å². The minimum Gasteiger partial charge on any atom is -0.323 e. The number of hydrogen-bond donors (Lipinski definition) is 1. The SMILES string of the molecule is CCc1ccc(C(N)Cc2cc(F)cc(Br)c2)s1. The highest BCUT2D eigenvalue weighted by atomic mass is 79.9. The zero-order valence-electron chi connectivity index (χ0n) is 10.1. The molecule has 0 bridgehead atoms. The number of nitrogens with two attached hydrogens (primary N) is 1. The van der Waals surface area contributed by atoms with E-state index in [1.165, 1.54) is 10.9 Å². The Balaban J connectivity index is 2.12. The highest BCUT2D eigenvalue weighted by Crippen LogP contribution is 2.26. The van der Waals surface area contributed by atoms with Gasteiger partial charge in [0.25, 0.3) is 0 Å². The van der Waals surface area contributed by atoms with Crippen LogP contribution in [0.1, 0.15) is 28.3 Å². The van der Waals surface area contributed by atoms with Crippen molar-refractivity contribution < 1.29 is 4.39 Å². The fourth-order valence-corrected chi connectivity index (χ4v) is 3.33. The number of halogens is 2. The standard InChI is InChI=1S/C14H15BrFNS/c1-2-12-3-4-14(18-12)13(17)7-9-5-10(15)8-11(16)6-9/h3-6,8,13H,2,7,17H2,1H3. The summed E-state index contributed by atoms with van der Waals surface area (Å²) in [6.45, 7) is 2.13. The van der Waals surface area contributed by atoms with Crippen LogP contribution in [0.5, 0.6) is 0 Å². The molecule has 0 saturated heterocycles. The molecule has 1 aromatic carbocycles. The van der Waals surface area contributed by atoms with Gasteiger partial charge in [0.15, 0.2) is 0 Å². The van der Waals surface area contributed by atoms with Gasteiger partial charge in [0, 0.05) is 20.3 Å². The van der Waals surface area contributed by atoms with Crippen LogP contribution in [0.3, 0.4) is 0 Å². The van der Waals surface area contributed by atoms with E-state index in [0.29, 0.717) is 6.42 Å². The predicted molar refractivity (Wildman–Crippen MR) is 78.4 cm³/mol. The Morgan fingerprint density at radius 2 is 2.11 bits per heavy atom. The molecule has 1 atom stereocenters. The molecule has 0 aliphatic carbocycles. The molecule has 0 saturated carbocycles. The number of thiophene rings is 1. The summed E-state index contributed by atoms with van der Waals surface area (Å²) in [5, 5.41) is 0. The number of aryl methyl sites for hydroxylation is 1. The van der Waals surface area contributed by atoms with Crippen molar-refractivity contribution in [1.29, 1.82) is 0 Å². The second-order valence-corrected chi connectivity index (χ2v) is 6.36. The first-order chi connectivity index (χ1) is 8.58. The van der Waals surface area contributed by atoms with E-state index >= 15 is 0 Å². The minimum absolute atomic E-state index is 0.0657. The summed E-state index contributed by atoms with van der Waals surface area (Å²) in [5.41, 5.74) is 7.09. The summed E-state index contributed by atoms with van der Waals surface area (Å²) in [4.78, 5) is 2.49. The van der Waals surface area contributed by atoms with Crippen molar-refractivity contribution in [2.75, 3.05) is 0 Å². The smallest absolute Gasteiger partial charge is 0.124 e. The molecular weight excluding hydrogens is 313 g/mol. The van der Waals surface area contributed by atoms with Crippen LogP contribution in [-0.2, 0) is 12.8 Å². The molecule has 1 nitrogen and oxygen atoms in total. The molecule has 1 unspecified atom stereocenters. The van der Waals surface area contributed by atoms with Crippen molar-refractivity contribution in [3.05, 3.63) is 55.9 Å². The van der Waals surface area contributed by atoms with Crippen LogP contribution in [0.15, 0.2) is 34.8 Å². The molecule has 2 rings (SSSR count). The van der Waals surface area contributed by atoms with Crippen molar-refractivity contribution >= 4 is 27.3 Å². The molecule has 0 fully saturated rings. The van der Waals surface area contributed by atoms with E-state index in [4.69, 9.17) is 5.73 Å². The average Bonchev–Trinajstić information content (AvgIpc) is 2.75. The minimum atomic E-state index is -0.230. The number of benzene rings is 1. The Morgan fingerprint density at radius 3 is 2.72 bits per heavy atom. The van der Waals surface area contributed by atoms with Crippen LogP contribution in [0.25, 0.3) is 0 Å². The van der Waals surface area contributed by atoms with Crippen molar-refractivity contribution in [3.63, 3.8) is 0 Å². The molecule has 2 N–H and O–H groups in total. The summed E-state index contributed by atoms with van der Waals surface area (Å²) >= 11 is 5.03. The van der Waals surface area contributed by atoms with Crippen LogP contribution in [0, 0.1) is 5.82 Å². The lowest BCUT2D eigenvalue weighted by Crippen LogP contribution is -2.11. The molecule has 18 heavy (non-hydrogen) atoms. The summed E-state index contributed by atoms with van der Waals surface area (Å²) < 4.78 is 14.0. The van der Waals surface area contributed by atoms with Gasteiger partial charge in [-0.1, -0.05) is 22.9 Å². The van der Waals surface area contributed by atoms with Crippen LogP contribution >= 0.6 is 27.3 Å². The van der Waals surface area contributed by atoms with Crippen molar-refractivity contribution in [3.8, 4) is 0 Å². The molecule has 2 aromatic rings. The molecule has 0 spiro atoms. The van der Waals surface area contributed by atoms with Crippen LogP contribution < -0.4 is 5.73 Å². The van der Waals surface area contributed by atoms with Crippen molar-refractivity contribution in [1.82, 2.24) is 0 Å². The van der Waals surface area contributed by atoms with Gasteiger partial charge in [0.05, 0.1) is 0 Å². The van der Waals surface area contributed by atoms with Crippen LogP contribution in [0.4, 0.5) is 4.39 Å². The van der Waals surface area contributed by atoms with Crippen molar-refractivity contribution in [2.45, 2.75) is 25.8 Å². The summed E-state index contributed by atoms with van der Waals surface area (Å²) in [5.74, 6) is -0.230. The lowest BCUT2D eigenvalue weighted by molar-refractivity contribution is 0.621. The first-order valence-corrected chi connectivity index (χ1v) is 7.48. The van der Waals surface area contributed by atoms with Gasteiger partial charge in [-0.05, 0) is 48.7 Å². The highest BCUT2D eigenvalue weighted by molar-refractivity contribution is 9.10. The van der Waals surface area contributed by atoms with E-state index in [1.54, 1.807) is 17.4 Å². The molecule has 1 aromatic heterocycles. The molecule has 0 aliphatic heterocycles. The highest BCUT2D eigenvalue weighted by Gasteiger charge is 2.11. The number of rotatable bonds is 4. The van der Waals surface area contributed by atoms with Crippen molar-refractivity contribution in [2.24, 2.45) is 5.73 Å². The van der Waals surface area contributed by atoms with E-state index in [2.05, 4.69) is 35.0 Å². The second kappa shape index (κ2) is 5.95. The predicted octanol–water partition coefficient (Wildman–Crippen LogP) is 4.45. The fourth-order valence-electron chi connectivity index (χ4n) is 1.87. The fraction of sp³-hybridized carbons (Fsp3) is 0.286. The Morgan fingerprint density at radius 1 is 1.33 bits per heavy atom. The Hall–Kier alpha value is -0.710. The maximum absolute atomic E-state index is 13.3.